The molecule has 3 heterocycles. The number of halogens is 1. The number of carbonyl (C=O) groups excluding carboxylic acids is 2. The maximum atomic E-state index is 12.9. The van der Waals surface area contributed by atoms with Crippen molar-refractivity contribution >= 4 is 44.1 Å². The summed E-state index contributed by atoms with van der Waals surface area (Å²) in [6.45, 7) is 3.46. The van der Waals surface area contributed by atoms with E-state index in [1.165, 1.54) is 0 Å². The molecule has 5 rings (SSSR count). The Balaban J connectivity index is 1.17. The van der Waals surface area contributed by atoms with Crippen molar-refractivity contribution in [3.63, 3.8) is 0 Å². The van der Waals surface area contributed by atoms with Crippen molar-refractivity contribution in [3.8, 4) is 0 Å². The summed E-state index contributed by atoms with van der Waals surface area (Å²) in [5, 5.41) is 2.24. The molecule has 10 heteroatoms. The van der Waals surface area contributed by atoms with Gasteiger partial charge in [-0.2, -0.15) is 0 Å². The van der Waals surface area contributed by atoms with E-state index >= 15 is 0 Å². The number of piperidine rings is 1. The molecule has 0 bridgehead atoms. The van der Waals surface area contributed by atoms with Gasteiger partial charge in [-0.05, 0) is 54.8 Å². The second kappa shape index (κ2) is 8.70. The molecule has 0 N–H and O–H groups in total. The Morgan fingerprint density at radius 1 is 1.12 bits per heavy atom. The van der Waals surface area contributed by atoms with Crippen molar-refractivity contribution in [1.29, 1.82) is 0 Å². The number of fused-ring (bicyclic) bond motifs is 2. The Labute approximate surface area is 203 Å². The number of carbonyl (C=O) groups is 2. The molecule has 0 unspecified atom stereocenters. The molecule has 34 heavy (non-hydrogen) atoms. The normalized spacial score (nSPS) is 16.9. The molecule has 1 saturated heterocycles. The zero-order valence-corrected chi connectivity index (χ0v) is 20.3. The van der Waals surface area contributed by atoms with Crippen LogP contribution >= 0.6 is 11.6 Å². The molecule has 0 spiro atoms. The first-order chi connectivity index (χ1) is 16.2. The van der Waals surface area contributed by atoms with E-state index in [9.17, 15) is 18.0 Å². The van der Waals surface area contributed by atoms with E-state index in [1.807, 2.05) is 11.8 Å². The molecule has 178 valence electrons. The van der Waals surface area contributed by atoms with Gasteiger partial charge in [-0.3, -0.25) is 9.36 Å². The van der Waals surface area contributed by atoms with E-state index in [2.05, 4.69) is 4.98 Å². The number of imidazole rings is 1. The summed E-state index contributed by atoms with van der Waals surface area (Å²) in [4.78, 5) is 33.4. The van der Waals surface area contributed by atoms with E-state index < -0.39 is 9.84 Å². The largest absolute Gasteiger partial charge is 0.343 e. The number of aromatic nitrogens is 2. The topological polar surface area (TPSA) is 92.6 Å². The molecular weight excluding hydrogens is 476 g/mol. The highest BCUT2D eigenvalue weighted by Gasteiger charge is 2.36. The lowest BCUT2D eigenvalue weighted by Crippen LogP contribution is -2.47. The van der Waals surface area contributed by atoms with Crippen molar-refractivity contribution in [2.24, 2.45) is 0 Å². The number of benzene rings is 2. The Bertz CT molecular complexity index is 1390. The molecule has 2 aliphatic heterocycles. The monoisotopic (exact) mass is 500 g/mol. The van der Waals surface area contributed by atoms with Gasteiger partial charge in [0.15, 0.2) is 9.84 Å². The third kappa shape index (κ3) is 4.18. The molecule has 2 aromatic carbocycles. The van der Waals surface area contributed by atoms with Crippen LogP contribution in [0.15, 0.2) is 47.6 Å². The van der Waals surface area contributed by atoms with Gasteiger partial charge in [-0.25, -0.2) is 18.2 Å². The van der Waals surface area contributed by atoms with Crippen LogP contribution in [0.4, 0.5) is 4.79 Å². The number of likely N-dealkylation sites (tertiary alicyclic amines) is 1. The van der Waals surface area contributed by atoms with E-state index in [1.54, 1.807) is 52.2 Å². The van der Waals surface area contributed by atoms with Crippen LogP contribution in [0.5, 0.6) is 0 Å². The summed E-state index contributed by atoms with van der Waals surface area (Å²) < 4.78 is 27.3. The fraction of sp³-hybridized carbons (Fsp3) is 0.375. The Morgan fingerprint density at radius 2 is 1.82 bits per heavy atom. The molecule has 2 aliphatic rings. The number of hydrogen-bond donors (Lipinski definition) is 0. The quantitative estimate of drug-likeness (QED) is 0.533. The summed E-state index contributed by atoms with van der Waals surface area (Å²) >= 11 is 6.00. The van der Waals surface area contributed by atoms with E-state index in [0.29, 0.717) is 37.5 Å². The maximum Gasteiger partial charge on any atom is 0.330 e. The average Bonchev–Trinajstić information content (AvgIpc) is 3.36. The van der Waals surface area contributed by atoms with E-state index in [4.69, 9.17) is 11.6 Å². The Hall–Kier alpha value is -2.91. The van der Waals surface area contributed by atoms with Gasteiger partial charge in [0, 0.05) is 30.6 Å². The lowest BCUT2D eigenvalue weighted by Gasteiger charge is -2.36. The molecule has 0 atom stereocenters. The van der Waals surface area contributed by atoms with Crippen LogP contribution in [0.3, 0.4) is 0 Å². The van der Waals surface area contributed by atoms with Crippen LogP contribution in [0.2, 0.25) is 5.02 Å². The highest BCUT2D eigenvalue weighted by atomic mass is 35.5. The first-order valence-corrected chi connectivity index (χ1v) is 13.3. The van der Waals surface area contributed by atoms with Gasteiger partial charge in [0.25, 0.3) is 0 Å². The van der Waals surface area contributed by atoms with Crippen molar-refractivity contribution in [1.82, 2.24) is 19.4 Å². The van der Waals surface area contributed by atoms with Gasteiger partial charge in [-0.15, -0.1) is 0 Å². The maximum absolute atomic E-state index is 12.9. The molecule has 1 fully saturated rings. The first-order valence-electron chi connectivity index (χ1n) is 11.3. The van der Waals surface area contributed by atoms with Crippen molar-refractivity contribution in [2.45, 2.75) is 43.7 Å². The van der Waals surface area contributed by atoms with Crippen LogP contribution in [0, 0.1) is 6.92 Å². The van der Waals surface area contributed by atoms with E-state index in [0.717, 1.165) is 22.2 Å². The van der Waals surface area contributed by atoms with Crippen molar-refractivity contribution in [2.75, 3.05) is 18.8 Å². The number of aryl methyl sites for hydroxylation is 1. The minimum atomic E-state index is -3.60. The molecule has 3 aromatic rings. The highest BCUT2D eigenvalue weighted by Crippen LogP contribution is 2.27. The van der Waals surface area contributed by atoms with Gasteiger partial charge in [0.1, 0.15) is 6.33 Å². The van der Waals surface area contributed by atoms with Crippen LogP contribution in [0.1, 0.15) is 30.7 Å². The Kier molecular flexibility index (Phi) is 5.85. The molecule has 0 aliphatic carbocycles. The standard InChI is InChI=1S/C24H25ClN4O4S/c1-16-22-14-28(24(31)29(22)15-26-16)20-6-9-27(10-7-20)23(30)8-11-34(32,33)21-5-3-17-12-19(25)4-2-18(17)13-21/h2-5,12-13,15,20H,6-11,14H2,1H3. The van der Waals surface area contributed by atoms with Crippen LogP contribution < -0.4 is 0 Å². The van der Waals surface area contributed by atoms with Crippen LogP contribution in [-0.2, 0) is 21.2 Å². The molecule has 0 radical (unpaired) electrons. The number of hydrogen-bond acceptors (Lipinski definition) is 5. The summed E-state index contributed by atoms with van der Waals surface area (Å²) in [5.74, 6) is -0.411. The van der Waals surface area contributed by atoms with Gasteiger partial charge < -0.3 is 9.80 Å². The fourth-order valence-corrected chi connectivity index (χ4v) is 6.23. The van der Waals surface area contributed by atoms with Crippen molar-refractivity contribution < 1.29 is 18.0 Å². The van der Waals surface area contributed by atoms with Gasteiger partial charge in [0.2, 0.25) is 5.91 Å². The second-order valence-electron chi connectivity index (χ2n) is 8.89. The summed E-state index contributed by atoms with van der Waals surface area (Å²) in [6, 6.07) is 10.2. The highest BCUT2D eigenvalue weighted by molar-refractivity contribution is 7.91. The van der Waals surface area contributed by atoms with Gasteiger partial charge in [-0.1, -0.05) is 23.7 Å². The zero-order chi connectivity index (χ0) is 24.0. The minimum Gasteiger partial charge on any atom is -0.343 e. The van der Waals surface area contributed by atoms with E-state index in [-0.39, 0.29) is 35.0 Å². The van der Waals surface area contributed by atoms with Crippen LogP contribution in [0.25, 0.3) is 10.8 Å². The van der Waals surface area contributed by atoms with Gasteiger partial charge >= 0.3 is 6.03 Å². The number of sulfone groups is 1. The molecule has 1 aromatic heterocycles. The molecular formula is C24H25ClN4O4S. The number of amides is 2. The predicted molar refractivity (Wildman–Crippen MR) is 129 cm³/mol. The smallest absolute Gasteiger partial charge is 0.330 e. The lowest BCUT2D eigenvalue weighted by atomic mass is 10.0. The predicted octanol–water partition coefficient (Wildman–Crippen LogP) is 3.64. The second-order valence-corrected chi connectivity index (χ2v) is 11.4. The number of rotatable bonds is 5. The summed E-state index contributed by atoms with van der Waals surface area (Å²) in [7, 11) is -3.60. The SMILES string of the molecule is Cc1ncn2c1CN(C1CCN(C(=O)CCS(=O)(=O)c3ccc4cc(Cl)ccc4c3)CC1)C2=O. The summed E-state index contributed by atoms with van der Waals surface area (Å²) in [6.07, 6.45) is 2.85. The number of nitrogens with zero attached hydrogens (tertiary/aromatic N) is 4. The zero-order valence-electron chi connectivity index (χ0n) is 18.8. The summed E-state index contributed by atoms with van der Waals surface area (Å²) in [5.41, 5.74) is 1.78. The van der Waals surface area contributed by atoms with Crippen LogP contribution in [-0.4, -0.2) is 64.6 Å². The minimum absolute atomic E-state index is 0.0608. The fourth-order valence-electron chi connectivity index (χ4n) is 4.78. The average molecular weight is 501 g/mol. The third-order valence-corrected chi connectivity index (χ3v) is 8.77. The molecule has 8 nitrogen and oxygen atoms in total. The Morgan fingerprint density at radius 3 is 2.56 bits per heavy atom. The third-order valence-electron chi connectivity index (χ3n) is 6.82. The molecule has 0 saturated carbocycles. The first kappa shape index (κ1) is 22.9. The van der Waals surface area contributed by atoms with Gasteiger partial charge in [0.05, 0.1) is 28.6 Å². The van der Waals surface area contributed by atoms with Crippen molar-refractivity contribution in [3.05, 3.63) is 59.1 Å². The molecule has 2 amide bonds. The lowest BCUT2D eigenvalue weighted by molar-refractivity contribution is -0.132.